The Morgan fingerprint density at radius 1 is 1.00 bits per heavy atom. The summed E-state index contributed by atoms with van der Waals surface area (Å²) in [6, 6.07) is 9.89. The van der Waals surface area contributed by atoms with E-state index in [-0.39, 0.29) is 0 Å². The van der Waals surface area contributed by atoms with E-state index in [0.717, 1.165) is 0 Å². The van der Waals surface area contributed by atoms with Crippen LogP contribution in [0.1, 0.15) is 45.2 Å². The number of nitrogens with one attached hydrogen (secondary N) is 1. The summed E-state index contributed by atoms with van der Waals surface area (Å²) in [5.74, 6) is -0.901. The molecular weight excluding hydrogens is 352 g/mol. The Balaban J connectivity index is 2.48. The average molecular weight is 377 g/mol. The molecule has 2 aromatic carbocycles. The van der Waals surface area contributed by atoms with Crippen LogP contribution in [0.25, 0.3) is 0 Å². The number of alkyl carbamates (subject to hydrolysis) is 1. The number of benzene rings is 2. The van der Waals surface area contributed by atoms with Crippen LogP contribution in [0.4, 0.5) is 13.6 Å². The molecule has 6 heteroatoms. The first kappa shape index (κ1) is 20.8. The van der Waals surface area contributed by atoms with Gasteiger partial charge in [0.25, 0.3) is 0 Å². The van der Waals surface area contributed by atoms with Gasteiger partial charge in [0, 0.05) is 0 Å². The molecule has 2 rings (SSSR count). The summed E-state index contributed by atoms with van der Waals surface area (Å²) in [4.78, 5) is 12.3. The van der Waals surface area contributed by atoms with Crippen LogP contribution in [0.3, 0.4) is 0 Å². The van der Waals surface area contributed by atoms with Gasteiger partial charge in [-0.25, -0.2) is 13.6 Å². The molecule has 0 aliphatic carbocycles. The van der Waals surface area contributed by atoms with Crippen molar-refractivity contribution in [3.05, 3.63) is 71.3 Å². The van der Waals surface area contributed by atoms with Crippen molar-refractivity contribution < 1.29 is 23.4 Å². The number of carbonyl (C=O) groups is 1. The summed E-state index contributed by atoms with van der Waals surface area (Å²) < 4.78 is 32.1. The van der Waals surface area contributed by atoms with Crippen molar-refractivity contribution in [1.82, 2.24) is 5.32 Å². The molecule has 1 amide bonds. The highest BCUT2D eigenvalue weighted by atomic mass is 19.1. The molecule has 0 saturated heterocycles. The van der Waals surface area contributed by atoms with Crippen LogP contribution in [0.15, 0.2) is 48.5 Å². The molecule has 0 bridgehead atoms. The van der Waals surface area contributed by atoms with Crippen LogP contribution < -0.4 is 5.32 Å². The SMILES string of the molecule is CC[C@H](NC(=O)OC(C)(C)C)C(O)(c1ccc(F)cc1)c1ccc(F)cc1. The Bertz CT molecular complexity index is 722. The van der Waals surface area contributed by atoms with Gasteiger partial charge in [-0.1, -0.05) is 31.2 Å². The van der Waals surface area contributed by atoms with Gasteiger partial charge in [-0.3, -0.25) is 0 Å². The van der Waals surface area contributed by atoms with Gasteiger partial charge in [0.05, 0.1) is 6.04 Å². The third-order valence-corrected chi connectivity index (χ3v) is 4.17. The maximum absolute atomic E-state index is 13.4. The van der Waals surface area contributed by atoms with E-state index in [0.29, 0.717) is 17.5 Å². The van der Waals surface area contributed by atoms with Crippen LogP contribution in [0.5, 0.6) is 0 Å². The summed E-state index contributed by atoms with van der Waals surface area (Å²) in [5.41, 5.74) is -1.66. The predicted octanol–water partition coefficient (Wildman–Crippen LogP) is 4.50. The Hall–Kier alpha value is -2.47. The van der Waals surface area contributed by atoms with E-state index in [1.165, 1.54) is 48.5 Å². The third-order valence-electron chi connectivity index (χ3n) is 4.17. The number of amides is 1. The van der Waals surface area contributed by atoms with E-state index in [4.69, 9.17) is 4.74 Å². The fourth-order valence-electron chi connectivity index (χ4n) is 2.93. The molecule has 0 aliphatic heterocycles. The van der Waals surface area contributed by atoms with Crippen LogP contribution >= 0.6 is 0 Å². The Labute approximate surface area is 158 Å². The highest BCUT2D eigenvalue weighted by Crippen LogP contribution is 2.35. The van der Waals surface area contributed by atoms with Crippen molar-refractivity contribution in [2.24, 2.45) is 0 Å². The normalized spacial score (nSPS) is 13.1. The number of ether oxygens (including phenoxy) is 1. The van der Waals surface area contributed by atoms with Gasteiger partial charge in [0.15, 0.2) is 0 Å². The molecule has 0 spiro atoms. The van der Waals surface area contributed by atoms with Crippen LogP contribution in [-0.4, -0.2) is 22.8 Å². The maximum Gasteiger partial charge on any atom is 0.407 e. The number of hydrogen-bond donors (Lipinski definition) is 2. The van der Waals surface area contributed by atoms with Crippen molar-refractivity contribution >= 4 is 6.09 Å². The molecular formula is C21H25F2NO3. The molecule has 0 radical (unpaired) electrons. The molecule has 0 fully saturated rings. The topological polar surface area (TPSA) is 58.6 Å². The van der Waals surface area contributed by atoms with Gasteiger partial charge in [-0.15, -0.1) is 0 Å². The lowest BCUT2D eigenvalue weighted by atomic mass is 9.79. The van der Waals surface area contributed by atoms with Gasteiger partial charge in [-0.05, 0) is 62.6 Å². The lowest BCUT2D eigenvalue weighted by molar-refractivity contribution is 0.0155. The zero-order valence-electron chi connectivity index (χ0n) is 15.9. The van der Waals surface area contributed by atoms with Gasteiger partial charge in [0.1, 0.15) is 22.8 Å². The molecule has 4 nitrogen and oxygen atoms in total. The van der Waals surface area contributed by atoms with Crippen LogP contribution in [0, 0.1) is 11.6 Å². The molecule has 1 atom stereocenters. The minimum atomic E-state index is -1.70. The molecule has 0 heterocycles. The number of hydrogen-bond acceptors (Lipinski definition) is 3. The highest BCUT2D eigenvalue weighted by Gasteiger charge is 2.41. The monoisotopic (exact) mass is 377 g/mol. The molecule has 2 N–H and O–H groups in total. The van der Waals surface area contributed by atoms with Crippen molar-refractivity contribution in [2.75, 3.05) is 0 Å². The van der Waals surface area contributed by atoms with Crippen LogP contribution in [-0.2, 0) is 10.3 Å². The Morgan fingerprint density at radius 3 is 1.74 bits per heavy atom. The van der Waals surface area contributed by atoms with E-state index in [9.17, 15) is 18.7 Å². The zero-order valence-corrected chi connectivity index (χ0v) is 15.9. The number of carbonyl (C=O) groups excluding carboxylic acids is 1. The highest BCUT2D eigenvalue weighted by molar-refractivity contribution is 5.68. The van der Waals surface area contributed by atoms with Crippen molar-refractivity contribution in [1.29, 1.82) is 0 Å². The first-order valence-corrected chi connectivity index (χ1v) is 8.80. The van der Waals surface area contributed by atoms with Crippen molar-refractivity contribution in [3.8, 4) is 0 Å². The fourth-order valence-corrected chi connectivity index (χ4v) is 2.93. The first-order valence-electron chi connectivity index (χ1n) is 8.80. The minimum Gasteiger partial charge on any atom is -0.444 e. The number of aliphatic hydroxyl groups is 1. The standard InChI is InChI=1S/C21H25F2NO3/c1-5-18(24-19(25)27-20(2,3)4)21(26,14-6-10-16(22)11-7-14)15-8-12-17(23)13-9-15/h6-13,18,26H,5H2,1-4H3,(H,24,25)/t18-/m0/s1. The molecule has 27 heavy (non-hydrogen) atoms. The van der Waals surface area contributed by atoms with E-state index in [1.807, 2.05) is 0 Å². The second kappa shape index (κ2) is 8.05. The molecule has 2 aromatic rings. The summed E-state index contributed by atoms with van der Waals surface area (Å²) in [7, 11) is 0. The predicted molar refractivity (Wildman–Crippen MR) is 99.2 cm³/mol. The number of halogens is 2. The second-order valence-corrected chi connectivity index (χ2v) is 7.39. The average Bonchev–Trinajstić information content (AvgIpc) is 2.58. The summed E-state index contributed by atoms with van der Waals surface area (Å²) in [6.07, 6.45) is -0.332. The third kappa shape index (κ3) is 5.04. The molecule has 0 saturated carbocycles. The lowest BCUT2D eigenvalue weighted by Crippen LogP contribution is -2.52. The summed E-state index contributed by atoms with van der Waals surface area (Å²) >= 11 is 0. The molecule has 0 unspecified atom stereocenters. The molecule has 0 aliphatic rings. The maximum atomic E-state index is 13.4. The van der Waals surface area contributed by atoms with E-state index < -0.39 is 35.0 Å². The van der Waals surface area contributed by atoms with Gasteiger partial charge in [0.2, 0.25) is 0 Å². The van der Waals surface area contributed by atoms with Gasteiger partial charge >= 0.3 is 6.09 Å². The van der Waals surface area contributed by atoms with Crippen LogP contribution in [0.2, 0.25) is 0 Å². The van der Waals surface area contributed by atoms with Gasteiger partial charge < -0.3 is 15.2 Å². The van der Waals surface area contributed by atoms with Crippen molar-refractivity contribution in [3.63, 3.8) is 0 Å². The van der Waals surface area contributed by atoms with Gasteiger partial charge in [-0.2, -0.15) is 0 Å². The summed E-state index contributed by atoms with van der Waals surface area (Å²) in [5, 5.41) is 14.3. The van der Waals surface area contributed by atoms with E-state index in [2.05, 4.69) is 5.32 Å². The zero-order chi connectivity index (χ0) is 20.2. The Kier molecular flexibility index (Phi) is 6.21. The Morgan fingerprint density at radius 2 is 1.41 bits per heavy atom. The second-order valence-electron chi connectivity index (χ2n) is 7.39. The van der Waals surface area contributed by atoms with Crippen molar-refractivity contribution in [2.45, 2.75) is 51.4 Å². The fraction of sp³-hybridized carbons (Fsp3) is 0.381. The smallest absolute Gasteiger partial charge is 0.407 e. The largest absolute Gasteiger partial charge is 0.444 e. The first-order chi connectivity index (χ1) is 12.6. The minimum absolute atomic E-state index is 0.352. The quantitative estimate of drug-likeness (QED) is 0.806. The van der Waals surface area contributed by atoms with E-state index in [1.54, 1.807) is 27.7 Å². The molecule has 0 aromatic heterocycles. The van der Waals surface area contributed by atoms with E-state index >= 15 is 0 Å². The molecule has 146 valence electrons. The number of rotatable bonds is 5. The lowest BCUT2D eigenvalue weighted by Gasteiger charge is -2.37. The summed E-state index contributed by atoms with van der Waals surface area (Å²) in [6.45, 7) is 7.00.